The second kappa shape index (κ2) is 12.4. The Labute approximate surface area is 190 Å². The van der Waals surface area contributed by atoms with Crippen LogP contribution in [-0.4, -0.2) is 35.9 Å². The Morgan fingerprint density at radius 3 is 2.35 bits per heavy atom. The minimum atomic E-state index is -0.646. The zero-order valence-corrected chi connectivity index (χ0v) is 19.6. The van der Waals surface area contributed by atoms with Crippen LogP contribution in [0.2, 0.25) is 5.02 Å². The molecule has 1 atom stereocenters. The Balaban J connectivity index is 2.11. The molecule has 31 heavy (non-hydrogen) atoms. The van der Waals surface area contributed by atoms with Crippen molar-refractivity contribution in [2.45, 2.75) is 59.0 Å². The van der Waals surface area contributed by atoms with Crippen LogP contribution in [0, 0.1) is 0 Å². The summed E-state index contributed by atoms with van der Waals surface area (Å²) in [5.41, 5.74) is 1.99. The van der Waals surface area contributed by atoms with Gasteiger partial charge >= 0.3 is 0 Å². The van der Waals surface area contributed by atoms with Gasteiger partial charge in [0.25, 0.3) is 5.91 Å². The molecule has 1 N–H and O–H groups in total. The molecule has 0 spiro atoms. The quantitative estimate of drug-likeness (QED) is 0.486. The van der Waals surface area contributed by atoms with Crippen LogP contribution in [-0.2, 0) is 16.1 Å². The van der Waals surface area contributed by atoms with Crippen molar-refractivity contribution in [1.29, 1.82) is 0 Å². The van der Waals surface area contributed by atoms with E-state index in [2.05, 4.69) is 26.1 Å². The number of benzene rings is 2. The summed E-state index contributed by atoms with van der Waals surface area (Å²) in [7, 11) is 0. The summed E-state index contributed by atoms with van der Waals surface area (Å²) in [4.78, 5) is 27.2. The number of unbranched alkanes of at least 4 members (excludes halogenated alkanes) is 1. The van der Waals surface area contributed by atoms with Crippen LogP contribution in [0.25, 0.3) is 0 Å². The number of nitrogens with zero attached hydrogens (tertiary/aromatic N) is 1. The fraction of sp³-hybridized carbons (Fsp3) is 0.440. The molecule has 0 fully saturated rings. The fourth-order valence-electron chi connectivity index (χ4n) is 3.11. The van der Waals surface area contributed by atoms with Crippen molar-refractivity contribution >= 4 is 23.4 Å². The van der Waals surface area contributed by atoms with Crippen molar-refractivity contribution in [2.75, 3.05) is 13.2 Å². The number of hydrogen-bond donors (Lipinski definition) is 1. The van der Waals surface area contributed by atoms with Crippen LogP contribution >= 0.6 is 11.6 Å². The van der Waals surface area contributed by atoms with Crippen molar-refractivity contribution in [1.82, 2.24) is 10.2 Å². The predicted molar refractivity (Wildman–Crippen MR) is 125 cm³/mol. The molecule has 0 aliphatic rings. The van der Waals surface area contributed by atoms with Crippen LogP contribution in [0.1, 0.15) is 57.6 Å². The van der Waals surface area contributed by atoms with E-state index in [0.29, 0.717) is 23.2 Å². The molecular formula is C25H33ClN2O3. The summed E-state index contributed by atoms with van der Waals surface area (Å²) in [6.07, 6.45) is 1.88. The topological polar surface area (TPSA) is 58.6 Å². The van der Waals surface area contributed by atoms with E-state index in [4.69, 9.17) is 16.3 Å². The molecule has 2 rings (SSSR count). The second-order valence-electron chi connectivity index (χ2n) is 7.95. The van der Waals surface area contributed by atoms with Gasteiger partial charge in [-0.2, -0.15) is 0 Å². The van der Waals surface area contributed by atoms with E-state index in [0.717, 1.165) is 18.4 Å². The second-order valence-corrected chi connectivity index (χ2v) is 8.35. The van der Waals surface area contributed by atoms with Gasteiger partial charge in [-0.1, -0.05) is 69.1 Å². The molecule has 0 bridgehead atoms. The minimum absolute atomic E-state index is 0.155. The predicted octanol–water partition coefficient (Wildman–Crippen LogP) is 5.18. The summed E-state index contributed by atoms with van der Waals surface area (Å²) in [5.74, 6) is 0.588. The summed E-state index contributed by atoms with van der Waals surface area (Å²) in [6, 6.07) is 14.4. The molecule has 0 heterocycles. The van der Waals surface area contributed by atoms with E-state index in [1.807, 2.05) is 42.5 Å². The third-order valence-corrected chi connectivity index (χ3v) is 5.57. The van der Waals surface area contributed by atoms with Crippen LogP contribution in [0.3, 0.4) is 0 Å². The largest absolute Gasteiger partial charge is 0.484 e. The highest BCUT2D eigenvalue weighted by molar-refractivity contribution is 6.31. The molecule has 0 aliphatic heterocycles. The molecule has 0 aliphatic carbocycles. The van der Waals surface area contributed by atoms with Crippen molar-refractivity contribution in [3.8, 4) is 5.75 Å². The molecule has 2 aromatic carbocycles. The Hall–Kier alpha value is -2.53. The van der Waals surface area contributed by atoms with Gasteiger partial charge in [0.05, 0.1) is 0 Å². The van der Waals surface area contributed by atoms with Crippen molar-refractivity contribution in [3.05, 3.63) is 64.7 Å². The lowest BCUT2D eigenvalue weighted by molar-refractivity contribution is -0.142. The van der Waals surface area contributed by atoms with Crippen LogP contribution < -0.4 is 10.1 Å². The normalized spacial score (nSPS) is 11.8. The minimum Gasteiger partial charge on any atom is -0.484 e. The highest BCUT2D eigenvalue weighted by Crippen LogP contribution is 2.20. The zero-order valence-electron chi connectivity index (χ0n) is 18.9. The molecule has 0 radical (unpaired) electrons. The van der Waals surface area contributed by atoms with Gasteiger partial charge < -0.3 is 15.0 Å². The number of hydrogen-bond acceptors (Lipinski definition) is 3. The van der Waals surface area contributed by atoms with Crippen molar-refractivity contribution < 1.29 is 14.3 Å². The molecule has 2 amide bonds. The monoisotopic (exact) mass is 444 g/mol. The third-order valence-electron chi connectivity index (χ3n) is 5.20. The van der Waals surface area contributed by atoms with E-state index in [-0.39, 0.29) is 25.0 Å². The summed E-state index contributed by atoms with van der Waals surface area (Å²) < 4.78 is 5.72. The van der Waals surface area contributed by atoms with E-state index < -0.39 is 6.04 Å². The Bertz CT molecular complexity index is 852. The first-order valence-electron chi connectivity index (χ1n) is 10.9. The van der Waals surface area contributed by atoms with Gasteiger partial charge in [-0.25, -0.2) is 0 Å². The molecule has 2 aromatic rings. The maximum absolute atomic E-state index is 13.1. The Morgan fingerprint density at radius 1 is 1.06 bits per heavy atom. The van der Waals surface area contributed by atoms with Crippen molar-refractivity contribution in [2.24, 2.45) is 0 Å². The summed E-state index contributed by atoms with van der Waals surface area (Å²) >= 11 is 6.30. The number of carbonyl (C=O) groups is 2. The fourth-order valence-corrected chi connectivity index (χ4v) is 3.30. The molecule has 1 unspecified atom stereocenters. The Morgan fingerprint density at radius 2 is 1.74 bits per heavy atom. The van der Waals surface area contributed by atoms with Crippen LogP contribution in [0.5, 0.6) is 5.75 Å². The van der Waals surface area contributed by atoms with Gasteiger partial charge in [0.15, 0.2) is 6.61 Å². The number of halogens is 1. The van der Waals surface area contributed by atoms with Gasteiger partial charge in [0.1, 0.15) is 11.8 Å². The highest BCUT2D eigenvalue weighted by Gasteiger charge is 2.27. The van der Waals surface area contributed by atoms with E-state index >= 15 is 0 Å². The maximum atomic E-state index is 13.1. The van der Waals surface area contributed by atoms with Gasteiger partial charge in [0, 0.05) is 18.1 Å². The van der Waals surface area contributed by atoms with Gasteiger partial charge in [-0.15, -0.1) is 0 Å². The average Bonchev–Trinajstić information content (AvgIpc) is 2.76. The first kappa shape index (κ1) is 24.7. The van der Waals surface area contributed by atoms with Crippen LogP contribution in [0.4, 0.5) is 0 Å². The molecular weight excluding hydrogens is 412 g/mol. The summed E-state index contributed by atoms with van der Waals surface area (Å²) in [6.45, 7) is 8.71. The molecule has 5 nitrogen and oxygen atoms in total. The molecule has 0 saturated carbocycles. The highest BCUT2D eigenvalue weighted by atomic mass is 35.5. The Kier molecular flexibility index (Phi) is 9.86. The number of ether oxygens (including phenoxy) is 1. The SMILES string of the molecule is CCCCNC(=O)C(C)N(Cc1ccccc1Cl)C(=O)COc1ccc(C(C)C)cc1. The smallest absolute Gasteiger partial charge is 0.261 e. The van der Waals surface area contributed by atoms with Gasteiger partial charge in [-0.05, 0) is 48.6 Å². The zero-order chi connectivity index (χ0) is 22.8. The number of nitrogens with one attached hydrogen (secondary N) is 1. The van der Waals surface area contributed by atoms with Gasteiger partial charge in [0.2, 0.25) is 5.91 Å². The lowest BCUT2D eigenvalue weighted by Crippen LogP contribution is -2.49. The lowest BCUT2D eigenvalue weighted by atomic mass is 10.0. The molecule has 0 aromatic heterocycles. The van der Waals surface area contributed by atoms with E-state index in [9.17, 15) is 9.59 Å². The third kappa shape index (κ3) is 7.59. The standard InChI is InChI=1S/C25H33ClN2O3/c1-5-6-15-27-25(30)19(4)28(16-21-9-7-8-10-23(21)26)24(29)17-31-22-13-11-20(12-14-22)18(2)3/h7-14,18-19H,5-6,15-17H2,1-4H3,(H,27,30). The molecule has 168 valence electrons. The molecule has 6 heteroatoms. The van der Waals surface area contributed by atoms with Gasteiger partial charge in [-0.3, -0.25) is 9.59 Å². The number of rotatable bonds is 11. The van der Waals surface area contributed by atoms with E-state index in [1.165, 1.54) is 10.5 Å². The first-order chi connectivity index (χ1) is 14.8. The molecule has 0 saturated heterocycles. The summed E-state index contributed by atoms with van der Waals surface area (Å²) in [5, 5.41) is 3.46. The number of amides is 2. The average molecular weight is 445 g/mol. The maximum Gasteiger partial charge on any atom is 0.261 e. The lowest BCUT2D eigenvalue weighted by Gasteiger charge is -2.29. The first-order valence-corrected chi connectivity index (χ1v) is 11.2. The number of carbonyl (C=O) groups excluding carboxylic acids is 2. The van der Waals surface area contributed by atoms with Crippen LogP contribution in [0.15, 0.2) is 48.5 Å². The van der Waals surface area contributed by atoms with E-state index in [1.54, 1.807) is 13.0 Å². The van der Waals surface area contributed by atoms with Crippen molar-refractivity contribution in [3.63, 3.8) is 0 Å².